The summed E-state index contributed by atoms with van der Waals surface area (Å²) in [6.45, 7) is 6.04. The quantitative estimate of drug-likeness (QED) is 0.537. The molecule has 164 valence electrons. The van der Waals surface area contributed by atoms with Gasteiger partial charge in [-0.15, -0.1) is 11.3 Å². The van der Waals surface area contributed by atoms with Gasteiger partial charge in [0, 0.05) is 24.1 Å². The number of anilines is 2. The van der Waals surface area contributed by atoms with E-state index in [1.807, 2.05) is 35.7 Å². The zero-order valence-electron chi connectivity index (χ0n) is 18.5. The first-order valence-corrected chi connectivity index (χ1v) is 11.3. The van der Waals surface area contributed by atoms with Gasteiger partial charge < -0.3 is 9.64 Å². The maximum absolute atomic E-state index is 12.3. The second-order valence-corrected chi connectivity index (χ2v) is 8.88. The molecule has 4 rings (SSSR count). The molecule has 2 aromatic carbocycles. The average Bonchev–Trinajstić information content (AvgIpc) is 3.24. The number of rotatable bonds is 5. The first-order valence-electron chi connectivity index (χ1n) is 10.4. The summed E-state index contributed by atoms with van der Waals surface area (Å²) >= 11 is 1.35. The van der Waals surface area contributed by atoms with Crippen LogP contribution in [-0.4, -0.2) is 29.9 Å². The van der Waals surface area contributed by atoms with Crippen LogP contribution in [0.2, 0.25) is 0 Å². The number of likely N-dealkylation sites (N-methyl/N-ethyl adjacent to an activating group) is 1. The Bertz CT molecular complexity index is 1180. The number of fused-ring (bicyclic) bond motifs is 1. The molecule has 1 aliphatic heterocycles. The van der Waals surface area contributed by atoms with Gasteiger partial charge in [0.1, 0.15) is 5.75 Å². The second-order valence-electron chi connectivity index (χ2n) is 8.02. The molecule has 6 nitrogen and oxygen atoms in total. The van der Waals surface area contributed by atoms with Gasteiger partial charge in [0.15, 0.2) is 11.2 Å². The van der Waals surface area contributed by atoms with E-state index in [2.05, 4.69) is 36.3 Å². The van der Waals surface area contributed by atoms with E-state index in [-0.39, 0.29) is 11.8 Å². The van der Waals surface area contributed by atoms with Crippen LogP contribution in [0.4, 0.5) is 10.8 Å². The van der Waals surface area contributed by atoms with E-state index < -0.39 is 6.10 Å². The van der Waals surface area contributed by atoms with E-state index in [1.54, 1.807) is 24.9 Å². The Morgan fingerprint density at radius 3 is 2.69 bits per heavy atom. The molecule has 1 aliphatic rings. The fourth-order valence-corrected chi connectivity index (χ4v) is 4.17. The molecule has 2 heterocycles. The Balaban J connectivity index is 1.44. The fourth-order valence-electron chi connectivity index (χ4n) is 3.45. The number of hydrogen-bond acceptors (Lipinski definition) is 5. The minimum atomic E-state index is -0.499. The van der Waals surface area contributed by atoms with Crippen molar-refractivity contribution in [3.8, 4) is 17.0 Å². The number of aromatic nitrogens is 1. The van der Waals surface area contributed by atoms with E-state index >= 15 is 0 Å². The van der Waals surface area contributed by atoms with E-state index in [0.717, 1.165) is 16.8 Å². The SMILES string of the molecule is CC1Oc2ccc(-c3csc(NC(=O)/C=C/c4ccc(C(C)C)cc4)n3)cc2N(C)C1=O. The Hall–Kier alpha value is -3.45. The molecule has 0 bridgehead atoms. The van der Waals surface area contributed by atoms with Gasteiger partial charge in [-0.25, -0.2) is 4.98 Å². The van der Waals surface area contributed by atoms with E-state index in [9.17, 15) is 9.59 Å². The number of hydrogen-bond donors (Lipinski definition) is 1. The Morgan fingerprint density at radius 1 is 1.22 bits per heavy atom. The maximum Gasteiger partial charge on any atom is 0.267 e. The van der Waals surface area contributed by atoms with Crippen molar-refractivity contribution >= 4 is 40.0 Å². The van der Waals surface area contributed by atoms with E-state index in [4.69, 9.17) is 4.74 Å². The summed E-state index contributed by atoms with van der Waals surface area (Å²) in [5.41, 5.74) is 4.50. The summed E-state index contributed by atoms with van der Waals surface area (Å²) in [6, 6.07) is 13.8. The van der Waals surface area contributed by atoms with Crippen molar-refractivity contribution in [1.82, 2.24) is 4.98 Å². The molecule has 32 heavy (non-hydrogen) atoms. The monoisotopic (exact) mass is 447 g/mol. The first-order chi connectivity index (χ1) is 15.3. The number of nitrogens with one attached hydrogen (secondary N) is 1. The largest absolute Gasteiger partial charge is 0.479 e. The Kier molecular flexibility index (Phi) is 6.10. The van der Waals surface area contributed by atoms with Crippen molar-refractivity contribution in [1.29, 1.82) is 0 Å². The second kappa shape index (κ2) is 8.96. The Labute approximate surface area is 191 Å². The molecule has 0 saturated heterocycles. The number of carbonyl (C=O) groups excluding carboxylic acids is 2. The third-order valence-electron chi connectivity index (χ3n) is 5.36. The molecule has 0 fully saturated rings. The van der Waals surface area contributed by atoms with Crippen LogP contribution in [0.25, 0.3) is 17.3 Å². The highest BCUT2D eigenvalue weighted by Gasteiger charge is 2.29. The number of amides is 2. The topological polar surface area (TPSA) is 71.5 Å². The van der Waals surface area contributed by atoms with Gasteiger partial charge in [0.2, 0.25) is 5.91 Å². The molecule has 2 amide bonds. The molecule has 0 aliphatic carbocycles. The van der Waals surface area contributed by atoms with Crippen molar-refractivity contribution in [3.63, 3.8) is 0 Å². The molecule has 1 N–H and O–H groups in total. The minimum absolute atomic E-state index is 0.0912. The van der Waals surface area contributed by atoms with Crippen molar-refractivity contribution in [3.05, 3.63) is 65.0 Å². The summed E-state index contributed by atoms with van der Waals surface area (Å²) in [7, 11) is 1.74. The van der Waals surface area contributed by atoms with Crippen LogP contribution < -0.4 is 15.0 Å². The molecule has 1 unspecified atom stereocenters. The van der Waals surface area contributed by atoms with Crippen LogP contribution in [0, 0.1) is 0 Å². The smallest absolute Gasteiger partial charge is 0.267 e. The lowest BCUT2D eigenvalue weighted by molar-refractivity contribution is -0.125. The molecule has 7 heteroatoms. The zero-order valence-corrected chi connectivity index (χ0v) is 19.3. The zero-order chi connectivity index (χ0) is 22.8. The summed E-state index contributed by atoms with van der Waals surface area (Å²) in [5.74, 6) is 0.810. The molecule has 0 radical (unpaired) electrons. The van der Waals surface area contributed by atoms with Gasteiger partial charge in [0.25, 0.3) is 5.91 Å². The van der Waals surface area contributed by atoms with Gasteiger partial charge in [-0.1, -0.05) is 38.1 Å². The van der Waals surface area contributed by atoms with Gasteiger partial charge in [-0.3, -0.25) is 14.9 Å². The minimum Gasteiger partial charge on any atom is -0.479 e. The average molecular weight is 448 g/mol. The number of benzene rings is 2. The highest BCUT2D eigenvalue weighted by molar-refractivity contribution is 7.14. The van der Waals surface area contributed by atoms with Gasteiger partial charge >= 0.3 is 0 Å². The predicted molar refractivity (Wildman–Crippen MR) is 129 cm³/mol. The number of carbonyl (C=O) groups is 2. The van der Waals surface area contributed by atoms with Crippen LogP contribution in [0.5, 0.6) is 5.75 Å². The molecule has 1 atom stereocenters. The molecule has 0 saturated carbocycles. The highest BCUT2D eigenvalue weighted by atomic mass is 32.1. The fraction of sp³-hybridized carbons (Fsp3) is 0.240. The van der Waals surface area contributed by atoms with Crippen LogP contribution in [-0.2, 0) is 9.59 Å². The molecule has 1 aromatic heterocycles. The van der Waals surface area contributed by atoms with Crippen molar-refractivity contribution in [2.45, 2.75) is 32.8 Å². The first kappa shape index (κ1) is 21.8. The maximum atomic E-state index is 12.3. The number of thiazole rings is 1. The molecule has 3 aromatic rings. The van der Waals surface area contributed by atoms with Crippen LogP contribution in [0.1, 0.15) is 37.8 Å². The van der Waals surface area contributed by atoms with Gasteiger partial charge in [-0.05, 0) is 48.2 Å². The summed E-state index contributed by atoms with van der Waals surface area (Å²) in [4.78, 5) is 30.6. The van der Waals surface area contributed by atoms with E-state index in [1.165, 1.54) is 23.0 Å². The summed E-state index contributed by atoms with van der Waals surface area (Å²) < 4.78 is 5.67. The standard InChI is InChI=1S/C25H25N3O3S/c1-15(2)18-8-5-17(6-9-18)7-12-23(29)27-25-26-20(14-32-25)19-10-11-22-21(13-19)28(4)24(30)16(3)31-22/h5-16H,1-4H3,(H,26,27,29)/b12-7+. The van der Waals surface area contributed by atoms with Gasteiger partial charge in [-0.2, -0.15) is 0 Å². The summed E-state index contributed by atoms with van der Waals surface area (Å²) in [5, 5.41) is 5.19. The third-order valence-corrected chi connectivity index (χ3v) is 6.12. The van der Waals surface area contributed by atoms with Gasteiger partial charge in [0.05, 0.1) is 11.4 Å². The third kappa shape index (κ3) is 4.57. The lowest BCUT2D eigenvalue weighted by Crippen LogP contribution is -2.41. The normalized spacial score (nSPS) is 15.7. The molecular weight excluding hydrogens is 422 g/mol. The van der Waals surface area contributed by atoms with Crippen LogP contribution in [0.3, 0.4) is 0 Å². The number of nitrogens with zero attached hydrogens (tertiary/aromatic N) is 2. The lowest BCUT2D eigenvalue weighted by atomic mass is 10.0. The molecular formula is C25H25N3O3S. The molecule has 0 spiro atoms. The lowest BCUT2D eigenvalue weighted by Gasteiger charge is -2.30. The Morgan fingerprint density at radius 2 is 1.97 bits per heavy atom. The van der Waals surface area contributed by atoms with E-state index in [0.29, 0.717) is 22.5 Å². The van der Waals surface area contributed by atoms with Crippen molar-refractivity contribution in [2.24, 2.45) is 0 Å². The predicted octanol–water partition coefficient (Wildman–Crippen LogP) is 5.33. The van der Waals surface area contributed by atoms with Crippen molar-refractivity contribution in [2.75, 3.05) is 17.3 Å². The van der Waals surface area contributed by atoms with Crippen LogP contribution in [0.15, 0.2) is 53.9 Å². The summed E-state index contributed by atoms with van der Waals surface area (Å²) in [6.07, 6.45) is 2.79. The highest BCUT2D eigenvalue weighted by Crippen LogP contribution is 2.37. The number of ether oxygens (including phenoxy) is 1. The van der Waals surface area contributed by atoms with Crippen LogP contribution >= 0.6 is 11.3 Å². The van der Waals surface area contributed by atoms with Crippen molar-refractivity contribution < 1.29 is 14.3 Å².